The molecular weight excluding hydrogens is 212 g/mol. The first kappa shape index (κ1) is 11.1. The van der Waals surface area contributed by atoms with Gasteiger partial charge in [0.25, 0.3) is 0 Å². The van der Waals surface area contributed by atoms with E-state index in [1.807, 2.05) is 12.1 Å². The zero-order chi connectivity index (χ0) is 11.2. The third kappa shape index (κ3) is 2.81. The van der Waals surface area contributed by atoms with Gasteiger partial charge in [-0.15, -0.1) is 0 Å². The van der Waals surface area contributed by atoms with E-state index in [1.165, 1.54) is 11.1 Å². The van der Waals surface area contributed by atoms with Crippen molar-refractivity contribution < 1.29 is 4.43 Å². The molecule has 1 nitrogen and oxygen atoms in total. The van der Waals surface area contributed by atoms with Crippen molar-refractivity contribution in [2.75, 3.05) is 0 Å². The molecule has 2 rings (SSSR count). The van der Waals surface area contributed by atoms with Crippen LogP contribution < -0.4 is 0 Å². The molecule has 2 heteroatoms. The van der Waals surface area contributed by atoms with Gasteiger partial charge in [0.05, 0.1) is 6.10 Å². The Morgan fingerprint density at radius 2 is 1.44 bits per heavy atom. The van der Waals surface area contributed by atoms with Crippen LogP contribution in [0.1, 0.15) is 17.2 Å². The number of hydrogen-bond donors (Lipinski definition) is 0. The Kier molecular flexibility index (Phi) is 3.91. The predicted molar refractivity (Wildman–Crippen MR) is 70.4 cm³/mol. The maximum atomic E-state index is 5.68. The predicted octanol–water partition coefficient (Wildman–Crippen LogP) is 2.27. The van der Waals surface area contributed by atoms with E-state index in [9.17, 15) is 0 Å². The summed E-state index contributed by atoms with van der Waals surface area (Å²) in [7, 11) is 0.768. The second-order valence-corrected chi connectivity index (χ2v) is 4.30. The second-order valence-electron chi connectivity index (χ2n) is 3.82. The topological polar surface area (TPSA) is 9.23 Å². The summed E-state index contributed by atoms with van der Waals surface area (Å²) in [6, 6.07) is 20.9. The van der Waals surface area contributed by atoms with Crippen LogP contribution in [0.15, 0.2) is 60.7 Å². The fraction of sp³-hybridized carbons (Fsp3) is 0.143. The lowest BCUT2D eigenvalue weighted by atomic mass is 10.0. The smallest absolute Gasteiger partial charge is 0.146 e. The van der Waals surface area contributed by atoms with Crippen molar-refractivity contribution >= 4 is 10.5 Å². The molecule has 16 heavy (non-hydrogen) atoms. The molecule has 0 aliphatic heterocycles. The zero-order valence-corrected chi connectivity index (χ0v) is 11.5. The highest BCUT2D eigenvalue weighted by molar-refractivity contribution is 5.98. The number of benzene rings is 2. The monoisotopic (exact) mass is 228 g/mol. The van der Waals surface area contributed by atoms with Crippen molar-refractivity contribution in [1.82, 2.24) is 0 Å². The van der Waals surface area contributed by atoms with Crippen LogP contribution >= 0.6 is 0 Å². The van der Waals surface area contributed by atoms with E-state index in [0.29, 0.717) is 0 Å². The summed E-state index contributed by atoms with van der Waals surface area (Å²) >= 11 is 0. The molecule has 0 spiro atoms. The van der Waals surface area contributed by atoms with Crippen molar-refractivity contribution in [3.8, 4) is 0 Å². The molecular formula is C14H16OSi. The van der Waals surface area contributed by atoms with Crippen LogP contribution in [0.2, 0.25) is 0 Å². The molecule has 0 aliphatic carbocycles. The minimum Gasteiger partial charge on any atom is -0.421 e. The molecule has 0 radical (unpaired) electrons. The molecule has 0 heterocycles. The molecule has 0 fully saturated rings. The highest BCUT2D eigenvalue weighted by Crippen LogP contribution is 2.20. The fourth-order valence-corrected chi connectivity index (χ4v) is 2.27. The summed E-state index contributed by atoms with van der Waals surface area (Å²) in [5.74, 6) is 0. The number of hydrogen-bond acceptors (Lipinski definition) is 1. The van der Waals surface area contributed by atoms with Gasteiger partial charge in [-0.3, -0.25) is 0 Å². The lowest BCUT2D eigenvalue weighted by molar-refractivity contribution is 0.227. The van der Waals surface area contributed by atoms with E-state index >= 15 is 0 Å². The van der Waals surface area contributed by atoms with E-state index in [0.717, 1.165) is 16.9 Å². The molecule has 0 N–H and O–H groups in total. The second kappa shape index (κ2) is 5.63. The van der Waals surface area contributed by atoms with Gasteiger partial charge in [-0.05, 0) is 11.1 Å². The Bertz CT molecular complexity index is 413. The normalized spacial score (nSPS) is 12.5. The van der Waals surface area contributed by atoms with Crippen molar-refractivity contribution in [2.24, 2.45) is 0 Å². The Morgan fingerprint density at radius 3 is 2.00 bits per heavy atom. The van der Waals surface area contributed by atoms with Gasteiger partial charge in [-0.1, -0.05) is 60.7 Å². The maximum Gasteiger partial charge on any atom is 0.146 e. The lowest BCUT2D eigenvalue weighted by Gasteiger charge is -2.16. The van der Waals surface area contributed by atoms with Gasteiger partial charge in [0.2, 0.25) is 0 Å². The third-order valence-corrected chi connectivity index (χ3v) is 3.29. The lowest BCUT2D eigenvalue weighted by Crippen LogP contribution is -2.05. The van der Waals surface area contributed by atoms with Gasteiger partial charge in [-0.2, -0.15) is 0 Å². The van der Waals surface area contributed by atoms with E-state index in [1.54, 1.807) is 0 Å². The molecule has 0 amide bonds. The Balaban J connectivity index is 2.13. The highest BCUT2D eigenvalue weighted by Gasteiger charge is 2.09. The summed E-state index contributed by atoms with van der Waals surface area (Å²) in [6.07, 6.45) is 1.16. The summed E-state index contributed by atoms with van der Waals surface area (Å²) in [4.78, 5) is 0. The third-order valence-electron chi connectivity index (χ3n) is 2.72. The fourth-order valence-electron chi connectivity index (χ4n) is 1.83. The molecule has 0 saturated heterocycles. The molecule has 0 aliphatic rings. The van der Waals surface area contributed by atoms with E-state index in [2.05, 4.69) is 48.5 Å². The van der Waals surface area contributed by atoms with Crippen LogP contribution in [-0.2, 0) is 10.8 Å². The van der Waals surface area contributed by atoms with Gasteiger partial charge in [-0.25, -0.2) is 0 Å². The summed E-state index contributed by atoms with van der Waals surface area (Å²) < 4.78 is 5.68. The number of rotatable bonds is 4. The zero-order valence-electron chi connectivity index (χ0n) is 9.47. The average molecular weight is 228 g/mol. The molecule has 2 aromatic rings. The van der Waals surface area contributed by atoms with Crippen LogP contribution in [-0.4, -0.2) is 10.5 Å². The van der Waals surface area contributed by atoms with Crippen LogP contribution in [0.25, 0.3) is 0 Å². The largest absolute Gasteiger partial charge is 0.421 e. The minimum absolute atomic E-state index is 0.204. The first-order valence-electron chi connectivity index (χ1n) is 5.52. The average Bonchev–Trinajstić information content (AvgIpc) is 2.38. The van der Waals surface area contributed by atoms with Gasteiger partial charge in [0.15, 0.2) is 0 Å². The standard InChI is InChI=1S/C14H16OSi/c16-15-14(13-9-5-2-6-10-13)11-12-7-3-1-4-8-12/h1-10,14H,11H2,16H3. The SMILES string of the molecule is [SiH3]OC(Cc1ccccc1)c1ccccc1. The maximum absolute atomic E-state index is 5.68. The Hall–Kier alpha value is -1.38. The first-order chi connectivity index (χ1) is 7.90. The van der Waals surface area contributed by atoms with Gasteiger partial charge < -0.3 is 4.43 Å². The van der Waals surface area contributed by atoms with E-state index < -0.39 is 0 Å². The molecule has 0 bridgehead atoms. The van der Waals surface area contributed by atoms with Crippen LogP contribution in [0.4, 0.5) is 0 Å². The molecule has 2 aromatic carbocycles. The summed E-state index contributed by atoms with van der Waals surface area (Å²) in [6.45, 7) is 0. The summed E-state index contributed by atoms with van der Waals surface area (Å²) in [5, 5.41) is 0. The molecule has 82 valence electrons. The minimum atomic E-state index is 0.204. The van der Waals surface area contributed by atoms with Gasteiger partial charge in [0.1, 0.15) is 10.5 Å². The van der Waals surface area contributed by atoms with Crippen molar-refractivity contribution in [2.45, 2.75) is 12.5 Å². The Morgan fingerprint density at radius 1 is 0.875 bits per heavy atom. The van der Waals surface area contributed by atoms with Crippen LogP contribution in [0.3, 0.4) is 0 Å². The summed E-state index contributed by atoms with van der Waals surface area (Å²) in [5.41, 5.74) is 2.59. The molecule has 1 unspecified atom stereocenters. The van der Waals surface area contributed by atoms with E-state index in [4.69, 9.17) is 4.43 Å². The highest BCUT2D eigenvalue weighted by atomic mass is 28.2. The molecule has 1 atom stereocenters. The van der Waals surface area contributed by atoms with Gasteiger partial charge >= 0.3 is 0 Å². The molecule has 0 aromatic heterocycles. The molecule has 0 saturated carbocycles. The first-order valence-corrected chi connectivity index (χ1v) is 6.33. The van der Waals surface area contributed by atoms with Gasteiger partial charge in [0, 0.05) is 6.42 Å². The van der Waals surface area contributed by atoms with Crippen LogP contribution in [0, 0.1) is 0 Å². The van der Waals surface area contributed by atoms with Crippen molar-refractivity contribution in [1.29, 1.82) is 0 Å². The Labute approximate surface area is 99.6 Å². The van der Waals surface area contributed by atoms with E-state index in [-0.39, 0.29) is 6.10 Å². The van der Waals surface area contributed by atoms with Crippen molar-refractivity contribution in [3.05, 3.63) is 71.8 Å². The van der Waals surface area contributed by atoms with Crippen molar-refractivity contribution in [3.63, 3.8) is 0 Å². The van der Waals surface area contributed by atoms with Crippen LogP contribution in [0.5, 0.6) is 0 Å². The quantitative estimate of drug-likeness (QED) is 0.729.